The number of carbonyl (C=O) groups excluding carboxylic acids is 2. The van der Waals surface area contributed by atoms with E-state index in [0.717, 1.165) is 49.2 Å². The molecular formula is C43H45N5O7. The van der Waals surface area contributed by atoms with Crippen LogP contribution in [-0.4, -0.2) is 82.4 Å². The van der Waals surface area contributed by atoms with Gasteiger partial charge in [0.15, 0.2) is 0 Å². The molecule has 5 aromatic rings. The number of aliphatic hydroxyl groups is 1. The number of likely N-dealkylation sites (tertiary alicyclic amines) is 1. The molecule has 5 N–H and O–H groups in total. The Balaban J connectivity index is 0.809. The van der Waals surface area contributed by atoms with Crippen molar-refractivity contribution in [2.75, 3.05) is 39.3 Å². The van der Waals surface area contributed by atoms with Crippen molar-refractivity contribution in [2.45, 2.75) is 43.7 Å². The lowest BCUT2D eigenvalue weighted by Crippen LogP contribution is -2.69. The number of H-pyrrole nitrogens is 1. The standard InChI is InChI=1S/C43H45N5O7/c49-36-16-14-34(35-15-17-39(51)45-40(35)36)37(50)23-44-22-28-6-8-29(9-7-28)25-54-33-12-10-31(11-13-33)41(52)48-26-43(27-48,32-4-2-1-3-5-32)46-42(53)55-38-24-47-20-18-30(38)19-21-47/h1-17,30,37-38,44,49-50H,18-27H2,(H,45,51)(H,46,53)/t37-,38-/m0/s1. The quantitative estimate of drug-likeness (QED) is 0.121. The minimum absolute atomic E-state index is 0.0461. The number of piperidine rings is 3. The van der Waals surface area contributed by atoms with Gasteiger partial charge in [0.25, 0.3) is 5.91 Å². The second kappa shape index (κ2) is 15.6. The van der Waals surface area contributed by atoms with Crippen LogP contribution in [0, 0.1) is 5.92 Å². The number of fused-ring (bicyclic) bond motifs is 4. The highest BCUT2D eigenvalue weighted by Gasteiger charge is 2.49. The molecule has 12 nitrogen and oxygen atoms in total. The first kappa shape index (κ1) is 36.3. The zero-order valence-electron chi connectivity index (χ0n) is 30.4. The molecular weight excluding hydrogens is 699 g/mol. The summed E-state index contributed by atoms with van der Waals surface area (Å²) >= 11 is 0. The molecule has 12 heteroatoms. The van der Waals surface area contributed by atoms with Gasteiger partial charge in [-0.25, -0.2) is 4.79 Å². The molecule has 4 aromatic carbocycles. The number of aliphatic hydroxyl groups excluding tert-OH is 1. The van der Waals surface area contributed by atoms with E-state index in [1.807, 2.05) is 54.6 Å². The average molecular weight is 744 g/mol. The number of aromatic nitrogens is 1. The number of alkyl carbamates (subject to hydrolysis) is 1. The second-order valence-corrected chi connectivity index (χ2v) is 14.9. The molecule has 1 aromatic heterocycles. The van der Waals surface area contributed by atoms with Gasteiger partial charge in [-0.15, -0.1) is 0 Å². The molecule has 5 heterocycles. The van der Waals surface area contributed by atoms with Crippen molar-refractivity contribution in [2.24, 2.45) is 5.92 Å². The van der Waals surface area contributed by atoms with Crippen LogP contribution >= 0.6 is 0 Å². The van der Waals surface area contributed by atoms with E-state index in [9.17, 15) is 24.6 Å². The number of aromatic amines is 1. The van der Waals surface area contributed by atoms with Gasteiger partial charge in [0, 0.05) is 36.7 Å². The summed E-state index contributed by atoms with van der Waals surface area (Å²) in [6, 6.07) is 30.9. The van der Waals surface area contributed by atoms with E-state index < -0.39 is 17.7 Å². The van der Waals surface area contributed by atoms with Crippen molar-refractivity contribution in [3.63, 3.8) is 0 Å². The Hall–Kier alpha value is -5.69. The van der Waals surface area contributed by atoms with Gasteiger partial charge in [0.1, 0.15) is 29.7 Å². The van der Waals surface area contributed by atoms with Crippen molar-refractivity contribution in [1.29, 1.82) is 0 Å². The summed E-state index contributed by atoms with van der Waals surface area (Å²) in [5.41, 5.74) is 3.36. The largest absolute Gasteiger partial charge is 0.506 e. The van der Waals surface area contributed by atoms with Crippen LogP contribution in [0.2, 0.25) is 0 Å². The normalized spacial score (nSPS) is 20.4. The summed E-state index contributed by atoms with van der Waals surface area (Å²) in [6.07, 6.45) is 0.745. The number of aromatic hydroxyl groups is 1. The molecule has 0 saturated carbocycles. The third kappa shape index (κ3) is 7.93. The summed E-state index contributed by atoms with van der Waals surface area (Å²) in [5.74, 6) is 0.889. The number of amides is 2. The fraction of sp³-hybridized carbons (Fsp3) is 0.326. The van der Waals surface area contributed by atoms with Crippen molar-refractivity contribution < 1.29 is 29.3 Å². The molecule has 2 atom stereocenters. The number of carbonyl (C=O) groups is 2. The predicted octanol–water partition coefficient (Wildman–Crippen LogP) is 4.81. The number of phenols is 1. The SMILES string of the molecule is O=C(NC1(c2ccccc2)CN(C(=O)c2ccc(OCc3ccc(CNC[C@H](O)c4ccc(O)c5[nH]c(=O)ccc45)cc3)cc2)C1)O[C@H]1CN2CCC1CC2. The minimum atomic E-state index is -0.843. The highest BCUT2D eigenvalue weighted by atomic mass is 16.6. The Morgan fingerprint density at radius 3 is 2.33 bits per heavy atom. The van der Waals surface area contributed by atoms with Crippen LogP contribution in [0.25, 0.3) is 10.9 Å². The molecule has 2 bridgehead atoms. The smallest absolute Gasteiger partial charge is 0.408 e. The van der Waals surface area contributed by atoms with E-state index in [2.05, 4.69) is 20.5 Å². The average Bonchev–Trinajstić information content (AvgIpc) is 3.20. The number of ether oxygens (including phenoxy) is 2. The van der Waals surface area contributed by atoms with Crippen molar-refractivity contribution >= 4 is 22.9 Å². The maximum Gasteiger partial charge on any atom is 0.408 e. The van der Waals surface area contributed by atoms with Gasteiger partial charge in [0.2, 0.25) is 5.56 Å². The Bertz CT molecular complexity index is 2200. The number of nitrogens with one attached hydrogen (secondary N) is 3. The summed E-state index contributed by atoms with van der Waals surface area (Å²) < 4.78 is 12.0. The topological polar surface area (TPSA) is 156 Å². The van der Waals surface area contributed by atoms with Gasteiger partial charge in [-0.05, 0) is 90.5 Å². The molecule has 4 aliphatic heterocycles. The molecule has 4 saturated heterocycles. The van der Waals surface area contributed by atoms with Crippen LogP contribution in [-0.2, 0) is 23.4 Å². The van der Waals surface area contributed by atoms with Gasteiger partial charge < -0.3 is 40.2 Å². The van der Waals surface area contributed by atoms with Gasteiger partial charge in [-0.2, -0.15) is 0 Å². The summed E-state index contributed by atoms with van der Waals surface area (Å²) in [7, 11) is 0. The first-order chi connectivity index (χ1) is 26.7. The van der Waals surface area contributed by atoms with E-state index >= 15 is 0 Å². The van der Waals surface area contributed by atoms with E-state index in [4.69, 9.17) is 9.47 Å². The molecule has 284 valence electrons. The Kier molecular flexibility index (Phi) is 10.3. The first-order valence-electron chi connectivity index (χ1n) is 18.8. The molecule has 9 rings (SSSR count). The van der Waals surface area contributed by atoms with Crippen LogP contribution < -0.4 is 20.9 Å². The fourth-order valence-corrected chi connectivity index (χ4v) is 8.06. The molecule has 0 unspecified atom stereocenters. The minimum Gasteiger partial charge on any atom is -0.506 e. The van der Waals surface area contributed by atoms with Crippen LogP contribution in [0.1, 0.15) is 51.6 Å². The highest BCUT2D eigenvalue weighted by molar-refractivity contribution is 5.95. The molecule has 0 aliphatic carbocycles. The van der Waals surface area contributed by atoms with Crippen molar-refractivity contribution in [1.82, 2.24) is 25.4 Å². The number of hydrogen-bond acceptors (Lipinski definition) is 9. The third-order valence-corrected chi connectivity index (χ3v) is 11.2. The lowest BCUT2D eigenvalue weighted by atomic mass is 9.82. The molecule has 0 radical (unpaired) electrons. The maximum atomic E-state index is 13.5. The molecule has 4 fully saturated rings. The Morgan fingerprint density at radius 2 is 1.62 bits per heavy atom. The van der Waals surface area contributed by atoms with Gasteiger partial charge in [0.05, 0.1) is 24.7 Å². The molecule has 4 aliphatic rings. The highest BCUT2D eigenvalue weighted by Crippen LogP contribution is 2.35. The Labute approximate surface area is 318 Å². The third-order valence-electron chi connectivity index (χ3n) is 11.2. The number of phenolic OH excluding ortho intramolecular Hbond substituents is 1. The first-order valence-corrected chi connectivity index (χ1v) is 18.8. The van der Waals surface area contributed by atoms with E-state index in [-0.39, 0.29) is 29.9 Å². The van der Waals surface area contributed by atoms with Crippen molar-refractivity contribution in [3.05, 3.63) is 141 Å². The lowest BCUT2D eigenvalue weighted by Gasteiger charge is -2.51. The second-order valence-electron chi connectivity index (χ2n) is 14.9. The van der Waals surface area contributed by atoms with Gasteiger partial charge in [-0.1, -0.05) is 60.7 Å². The molecule has 2 amide bonds. The van der Waals surface area contributed by atoms with Crippen LogP contribution in [0.4, 0.5) is 4.79 Å². The Morgan fingerprint density at radius 1 is 0.891 bits per heavy atom. The van der Waals surface area contributed by atoms with Crippen molar-refractivity contribution in [3.8, 4) is 11.5 Å². The zero-order chi connectivity index (χ0) is 37.9. The van der Waals surface area contributed by atoms with Crippen LogP contribution in [0.3, 0.4) is 0 Å². The number of nitrogens with zero attached hydrogens (tertiary/aromatic N) is 2. The van der Waals surface area contributed by atoms with E-state index in [0.29, 0.717) is 59.9 Å². The van der Waals surface area contributed by atoms with Gasteiger partial charge >= 0.3 is 6.09 Å². The summed E-state index contributed by atoms with van der Waals surface area (Å²) in [5, 5.41) is 27.9. The fourth-order valence-electron chi connectivity index (χ4n) is 8.06. The summed E-state index contributed by atoms with van der Waals surface area (Å²) in [4.78, 5) is 45.1. The number of benzene rings is 4. The monoisotopic (exact) mass is 743 g/mol. The maximum absolute atomic E-state index is 13.5. The molecule has 0 spiro atoms. The van der Waals surface area contributed by atoms with E-state index in [1.165, 1.54) is 12.1 Å². The number of rotatable bonds is 12. The van der Waals surface area contributed by atoms with Crippen LogP contribution in [0.15, 0.2) is 108 Å². The summed E-state index contributed by atoms with van der Waals surface area (Å²) in [6.45, 7) is 4.77. The zero-order valence-corrected chi connectivity index (χ0v) is 30.4. The van der Waals surface area contributed by atoms with Crippen LogP contribution in [0.5, 0.6) is 11.5 Å². The van der Waals surface area contributed by atoms with Gasteiger partial charge in [-0.3, -0.25) is 14.5 Å². The predicted molar refractivity (Wildman–Crippen MR) is 207 cm³/mol. The van der Waals surface area contributed by atoms with E-state index in [1.54, 1.807) is 41.3 Å². The number of pyridine rings is 1. The lowest BCUT2D eigenvalue weighted by molar-refractivity contribution is -0.0404. The molecule has 55 heavy (non-hydrogen) atoms. The number of hydrogen-bond donors (Lipinski definition) is 5.